The number of carboxylic acids is 1. The molecular formula is C14H17N3O2. The van der Waals surface area contributed by atoms with Crippen molar-refractivity contribution in [3.63, 3.8) is 0 Å². The van der Waals surface area contributed by atoms with E-state index in [9.17, 15) is 4.79 Å². The van der Waals surface area contributed by atoms with Crippen molar-refractivity contribution in [1.82, 2.24) is 15.0 Å². The molecular weight excluding hydrogens is 242 g/mol. The molecule has 2 rings (SSSR count). The van der Waals surface area contributed by atoms with Crippen molar-refractivity contribution >= 4 is 5.97 Å². The first-order valence-electron chi connectivity index (χ1n) is 6.44. The molecule has 0 fully saturated rings. The third-order valence-corrected chi connectivity index (χ3v) is 3.02. The Hall–Kier alpha value is -2.17. The summed E-state index contributed by atoms with van der Waals surface area (Å²) in [6.45, 7) is 4.08. The van der Waals surface area contributed by atoms with Crippen LogP contribution in [0.1, 0.15) is 42.0 Å². The largest absolute Gasteiger partial charge is 0.476 e. The van der Waals surface area contributed by atoms with Crippen LogP contribution in [0.25, 0.3) is 5.69 Å². The van der Waals surface area contributed by atoms with E-state index in [2.05, 4.69) is 17.2 Å². The molecule has 1 aromatic heterocycles. The monoisotopic (exact) mass is 259 g/mol. The van der Waals surface area contributed by atoms with Crippen molar-refractivity contribution in [1.29, 1.82) is 0 Å². The Labute approximate surface area is 111 Å². The second kappa shape index (κ2) is 5.65. The van der Waals surface area contributed by atoms with E-state index in [1.54, 1.807) is 4.68 Å². The Morgan fingerprint density at radius 3 is 2.79 bits per heavy atom. The number of aromatic nitrogens is 3. The molecule has 0 aliphatic carbocycles. The Morgan fingerprint density at radius 1 is 1.37 bits per heavy atom. The molecule has 0 spiro atoms. The lowest BCUT2D eigenvalue weighted by Gasteiger charge is -2.07. The topological polar surface area (TPSA) is 68.0 Å². The van der Waals surface area contributed by atoms with Gasteiger partial charge in [-0.1, -0.05) is 37.6 Å². The number of aromatic carboxylic acids is 1. The minimum atomic E-state index is -1.03. The van der Waals surface area contributed by atoms with E-state index >= 15 is 0 Å². The number of hydrogen-bond donors (Lipinski definition) is 1. The summed E-state index contributed by atoms with van der Waals surface area (Å²) in [7, 11) is 0. The van der Waals surface area contributed by atoms with Gasteiger partial charge in [0.15, 0.2) is 5.69 Å². The van der Waals surface area contributed by atoms with Gasteiger partial charge >= 0.3 is 5.97 Å². The van der Waals surface area contributed by atoms with Gasteiger partial charge in [0, 0.05) is 0 Å². The molecule has 0 bridgehead atoms. The summed E-state index contributed by atoms with van der Waals surface area (Å²) in [5.41, 5.74) is 2.75. The van der Waals surface area contributed by atoms with Gasteiger partial charge in [0.25, 0.3) is 0 Å². The standard InChI is InChI=1S/C14H17N3O2/c1-3-6-12-13(14(18)19)15-16-17(12)11-8-5-7-10(4-2)9-11/h5,7-9H,3-4,6H2,1-2H3,(H,18,19). The molecule has 2 aromatic rings. The molecule has 5 heteroatoms. The van der Waals surface area contributed by atoms with Crippen LogP contribution in [0.3, 0.4) is 0 Å². The molecule has 1 N–H and O–H groups in total. The van der Waals surface area contributed by atoms with E-state index in [0.717, 1.165) is 18.5 Å². The molecule has 19 heavy (non-hydrogen) atoms. The smallest absolute Gasteiger partial charge is 0.358 e. The van der Waals surface area contributed by atoms with Gasteiger partial charge in [-0.2, -0.15) is 0 Å². The summed E-state index contributed by atoms with van der Waals surface area (Å²) in [4.78, 5) is 11.1. The SMILES string of the molecule is CCCc1c(C(=O)O)nnn1-c1cccc(CC)c1. The van der Waals surface area contributed by atoms with Crippen molar-refractivity contribution < 1.29 is 9.90 Å². The lowest BCUT2D eigenvalue weighted by molar-refractivity contribution is 0.0689. The second-order valence-corrected chi connectivity index (χ2v) is 4.38. The molecule has 0 amide bonds. The van der Waals surface area contributed by atoms with Crippen LogP contribution in [-0.4, -0.2) is 26.1 Å². The molecule has 0 aliphatic heterocycles. The minimum Gasteiger partial charge on any atom is -0.476 e. The molecule has 5 nitrogen and oxygen atoms in total. The minimum absolute atomic E-state index is 0.0451. The van der Waals surface area contributed by atoms with Gasteiger partial charge in [-0.05, 0) is 30.5 Å². The summed E-state index contributed by atoms with van der Waals surface area (Å²) in [6, 6.07) is 7.92. The van der Waals surface area contributed by atoms with Gasteiger partial charge < -0.3 is 5.11 Å². The van der Waals surface area contributed by atoms with Gasteiger partial charge in [0.05, 0.1) is 11.4 Å². The number of carboxylic acid groups (broad SMARTS) is 1. The summed E-state index contributed by atoms with van der Waals surface area (Å²) in [5, 5.41) is 16.9. The summed E-state index contributed by atoms with van der Waals surface area (Å²) < 4.78 is 1.63. The van der Waals surface area contributed by atoms with Crippen molar-refractivity contribution in [3.05, 3.63) is 41.2 Å². The molecule has 0 atom stereocenters. The van der Waals surface area contributed by atoms with Crippen molar-refractivity contribution in [2.24, 2.45) is 0 Å². The number of carbonyl (C=O) groups is 1. The lowest BCUT2D eigenvalue weighted by atomic mass is 10.1. The first-order chi connectivity index (χ1) is 9.17. The predicted molar refractivity (Wildman–Crippen MR) is 71.7 cm³/mol. The van der Waals surface area contributed by atoms with Crippen LogP contribution in [0.4, 0.5) is 0 Å². The third kappa shape index (κ3) is 2.65. The Morgan fingerprint density at radius 2 is 2.16 bits per heavy atom. The van der Waals surface area contributed by atoms with Crippen molar-refractivity contribution in [3.8, 4) is 5.69 Å². The Bertz CT molecular complexity index is 590. The third-order valence-electron chi connectivity index (χ3n) is 3.02. The number of aryl methyl sites for hydroxylation is 1. The maximum absolute atomic E-state index is 11.1. The zero-order valence-corrected chi connectivity index (χ0v) is 11.1. The van der Waals surface area contributed by atoms with E-state index in [0.29, 0.717) is 12.1 Å². The van der Waals surface area contributed by atoms with E-state index < -0.39 is 5.97 Å². The molecule has 0 unspecified atom stereocenters. The number of rotatable bonds is 5. The fourth-order valence-electron chi connectivity index (χ4n) is 2.04. The van der Waals surface area contributed by atoms with Crippen LogP contribution < -0.4 is 0 Å². The van der Waals surface area contributed by atoms with Crippen molar-refractivity contribution in [2.45, 2.75) is 33.1 Å². The Kier molecular flexibility index (Phi) is 3.94. The second-order valence-electron chi connectivity index (χ2n) is 4.38. The molecule has 0 radical (unpaired) electrons. The van der Waals surface area contributed by atoms with Crippen molar-refractivity contribution in [2.75, 3.05) is 0 Å². The zero-order chi connectivity index (χ0) is 13.8. The molecule has 1 heterocycles. The quantitative estimate of drug-likeness (QED) is 0.895. The maximum atomic E-state index is 11.1. The first kappa shape index (κ1) is 13.3. The molecule has 0 saturated carbocycles. The van der Waals surface area contributed by atoms with Crippen LogP contribution in [0.5, 0.6) is 0 Å². The van der Waals surface area contributed by atoms with Gasteiger partial charge in [-0.15, -0.1) is 5.10 Å². The van der Waals surface area contributed by atoms with Gasteiger partial charge in [0.1, 0.15) is 0 Å². The number of benzene rings is 1. The molecule has 1 aromatic carbocycles. The highest BCUT2D eigenvalue weighted by atomic mass is 16.4. The highest BCUT2D eigenvalue weighted by Crippen LogP contribution is 2.16. The first-order valence-corrected chi connectivity index (χ1v) is 6.44. The van der Waals surface area contributed by atoms with E-state index in [-0.39, 0.29) is 5.69 Å². The van der Waals surface area contributed by atoms with Crippen LogP contribution >= 0.6 is 0 Å². The summed E-state index contributed by atoms with van der Waals surface area (Å²) in [6.07, 6.45) is 2.42. The van der Waals surface area contributed by atoms with Crippen LogP contribution in [0.15, 0.2) is 24.3 Å². The van der Waals surface area contributed by atoms with Crippen LogP contribution in [0, 0.1) is 0 Å². The predicted octanol–water partition coefficient (Wildman–Crippen LogP) is 2.48. The van der Waals surface area contributed by atoms with Gasteiger partial charge in [-0.25, -0.2) is 9.48 Å². The average molecular weight is 259 g/mol. The van der Waals surface area contributed by atoms with E-state index in [1.165, 1.54) is 5.56 Å². The fraction of sp³-hybridized carbons (Fsp3) is 0.357. The molecule has 100 valence electrons. The van der Waals surface area contributed by atoms with Gasteiger partial charge in [0.2, 0.25) is 0 Å². The Balaban J connectivity index is 2.51. The lowest BCUT2D eigenvalue weighted by Crippen LogP contribution is -2.07. The summed E-state index contributed by atoms with van der Waals surface area (Å²) >= 11 is 0. The number of nitrogens with zero attached hydrogens (tertiary/aromatic N) is 3. The van der Waals surface area contributed by atoms with E-state index in [1.807, 2.05) is 31.2 Å². The highest BCUT2D eigenvalue weighted by Gasteiger charge is 2.19. The summed E-state index contributed by atoms with van der Waals surface area (Å²) in [5.74, 6) is -1.03. The van der Waals surface area contributed by atoms with Crippen LogP contribution in [-0.2, 0) is 12.8 Å². The van der Waals surface area contributed by atoms with Crippen LogP contribution in [0.2, 0.25) is 0 Å². The number of hydrogen-bond acceptors (Lipinski definition) is 3. The normalized spacial score (nSPS) is 10.6. The van der Waals surface area contributed by atoms with E-state index in [4.69, 9.17) is 5.11 Å². The zero-order valence-electron chi connectivity index (χ0n) is 11.1. The molecule has 0 aliphatic rings. The van der Waals surface area contributed by atoms with Gasteiger partial charge in [-0.3, -0.25) is 0 Å². The average Bonchev–Trinajstić information content (AvgIpc) is 2.83. The fourth-order valence-corrected chi connectivity index (χ4v) is 2.04. The highest BCUT2D eigenvalue weighted by molar-refractivity contribution is 5.86. The maximum Gasteiger partial charge on any atom is 0.358 e. The molecule has 0 saturated heterocycles.